The molecule has 0 aromatic rings. The molecule has 0 spiro atoms. The number of carbonyl (C=O) groups is 4. The van der Waals surface area contributed by atoms with Crippen molar-refractivity contribution in [2.24, 2.45) is 0 Å². The number of hydrogen-bond acceptors (Lipinski definition) is 15. The maximum Gasteiger partial charge on any atom is 0.472 e. The molecule has 0 rings (SSSR count). The number of phosphoric ester groups is 2. The van der Waals surface area contributed by atoms with Gasteiger partial charge < -0.3 is 33.8 Å². The quantitative estimate of drug-likeness (QED) is 0.0169. The molecule has 0 radical (unpaired) electrons. The number of hydrogen-bond donors (Lipinski definition) is 3. The zero-order chi connectivity index (χ0) is 59.1. The van der Waals surface area contributed by atoms with E-state index in [2.05, 4.69) is 52.0 Å². The van der Waals surface area contributed by atoms with Crippen LogP contribution in [-0.4, -0.2) is 96.7 Å². The van der Waals surface area contributed by atoms with Gasteiger partial charge in [0.15, 0.2) is 12.2 Å². The lowest BCUT2D eigenvalue weighted by molar-refractivity contribution is -0.161. The molecule has 0 amide bonds. The molecular weight excluding hydrogens is 1070 g/mol. The van der Waals surface area contributed by atoms with E-state index in [0.29, 0.717) is 25.7 Å². The highest BCUT2D eigenvalue weighted by atomic mass is 31.2. The standard InChI is InChI=1S/C61H114O17P2/c1-5-9-13-17-20-23-25-26-27-28-30-33-36-40-44-48-61(66)78-57(52-72-59(64)46-42-38-34-32-29-24-21-18-14-10-6-2)54-76-80(69,70)74-50-55(62)49-73-79(67,68)75-53-56(51-71-58(63)45-41-37-16-12-8-4)77-60(65)47-43-39-35-31-22-19-15-11-7-3/h23,25-27,55-57,62H,5-22,24,28-54H2,1-4H3,(H,67,68)(H,69,70)/b25-23-,27-26-/t55-,56+,57+/m0/s1. The Balaban J connectivity index is 5.21. The second-order valence-corrected chi connectivity index (χ2v) is 24.3. The number of aliphatic hydroxyl groups excluding tert-OH is 1. The molecular formula is C61H114O17P2. The van der Waals surface area contributed by atoms with E-state index in [1.807, 2.05) is 0 Å². The highest BCUT2D eigenvalue weighted by molar-refractivity contribution is 7.47. The summed E-state index contributed by atoms with van der Waals surface area (Å²) in [6.45, 7) is 4.70. The minimum atomic E-state index is -4.95. The number of ether oxygens (including phenoxy) is 4. The fraction of sp³-hybridized carbons (Fsp3) is 0.869. The first kappa shape index (κ1) is 77.5. The zero-order valence-corrected chi connectivity index (χ0v) is 52.3. The number of rotatable bonds is 60. The fourth-order valence-corrected chi connectivity index (χ4v) is 10.1. The van der Waals surface area contributed by atoms with Crippen molar-refractivity contribution < 1.29 is 80.2 Å². The number of allylic oxidation sites excluding steroid dienone is 4. The molecule has 80 heavy (non-hydrogen) atoms. The molecule has 0 aliphatic heterocycles. The summed E-state index contributed by atoms with van der Waals surface area (Å²) < 4.78 is 67.6. The summed E-state index contributed by atoms with van der Waals surface area (Å²) >= 11 is 0. The molecule has 0 bridgehead atoms. The van der Waals surface area contributed by atoms with E-state index in [9.17, 15) is 43.2 Å². The molecule has 0 saturated carbocycles. The first-order chi connectivity index (χ1) is 38.7. The van der Waals surface area contributed by atoms with Crippen LogP contribution < -0.4 is 0 Å². The van der Waals surface area contributed by atoms with Gasteiger partial charge in [-0.25, -0.2) is 9.13 Å². The van der Waals surface area contributed by atoms with Crippen LogP contribution in [0.5, 0.6) is 0 Å². The van der Waals surface area contributed by atoms with Gasteiger partial charge in [-0.05, 0) is 51.4 Å². The second kappa shape index (κ2) is 55.7. The van der Waals surface area contributed by atoms with Crippen LogP contribution in [0.2, 0.25) is 0 Å². The summed E-state index contributed by atoms with van der Waals surface area (Å²) in [5.74, 6) is -2.18. The minimum Gasteiger partial charge on any atom is -0.462 e. The maximum absolute atomic E-state index is 12.9. The molecule has 470 valence electrons. The van der Waals surface area contributed by atoms with Crippen LogP contribution in [0.3, 0.4) is 0 Å². The minimum absolute atomic E-state index is 0.0853. The summed E-state index contributed by atoms with van der Waals surface area (Å²) in [5.41, 5.74) is 0. The molecule has 2 unspecified atom stereocenters. The molecule has 0 aromatic heterocycles. The summed E-state index contributed by atoms with van der Waals surface area (Å²) in [6.07, 6.45) is 42.8. The zero-order valence-electron chi connectivity index (χ0n) is 50.5. The fourth-order valence-electron chi connectivity index (χ4n) is 8.56. The lowest BCUT2D eigenvalue weighted by Gasteiger charge is -2.21. The number of phosphoric acid groups is 2. The van der Waals surface area contributed by atoms with Crippen molar-refractivity contribution in [3.63, 3.8) is 0 Å². The van der Waals surface area contributed by atoms with Gasteiger partial charge in [-0.3, -0.25) is 37.3 Å². The van der Waals surface area contributed by atoms with Crippen molar-refractivity contribution in [1.82, 2.24) is 0 Å². The van der Waals surface area contributed by atoms with E-state index >= 15 is 0 Å². The smallest absolute Gasteiger partial charge is 0.462 e. The van der Waals surface area contributed by atoms with Crippen molar-refractivity contribution in [3.05, 3.63) is 24.3 Å². The van der Waals surface area contributed by atoms with Crippen molar-refractivity contribution in [3.8, 4) is 0 Å². The molecule has 3 N–H and O–H groups in total. The van der Waals surface area contributed by atoms with E-state index in [1.165, 1.54) is 96.3 Å². The SMILES string of the molecule is CCCCCC/C=C\C=C/CCCCCCCC(=O)O[C@H](COC(=O)CCCCCCCCCCCCC)COP(=O)(O)OC[C@@H](O)COP(=O)(O)OC[C@@H](COC(=O)CCCCCCC)OC(=O)CCCCCCCCCCC. The van der Waals surface area contributed by atoms with Gasteiger partial charge in [-0.2, -0.15) is 0 Å². The van der Waals surface area contributed by atoms with E-state index < -0.39 is 97.5 Å². The number of aliphatic hydroxyl groups is 1. The van der Waals surface area contributed by atoms with Crippen molar-refractivity contribution in [2.45, 2.75) is 303 Å². The van der Waals surface area contributed by atoms with E-state index in [-0.39, 0.29) is 25.7 Å². The first-order valence-corrected chi connectivity index (χ1v) is 34.6. The Bertz CT molecular complexity index is 1640. The molecule has 0 saturated heterocycles. The van der Waals surface area contributed by atoms with Crippen LogP contribution in [0.25, 0.3) is 0 Å². The second-order valence-electron chi connectivity index (χ2n) is 21.4. The van der Waals surface area contributed by atoms with Gasteiger partial charge in [0.05, 0.1) is 26.4 Å². The Labute approximate surface area is 484 Å². The first-order valence-electron chi connectivity index (χ1n) is 31.6. The van der Waals surface area contributed by atoms with E-state index in [0.717, 1.165) is 109 Å². The normalized spacial score (nSPS) is 14.4. The number of unbranched alkanes of at least 4 members (excludes halogenated alkanes) is 31. The van der Waals surface area contributed by atoms with Crippen LogP contribution in [0, 0.1) is 0 Å². The van der Waals surface area contributed by atoms with Gasteiger partial charge in [-0.15, -0.1) is 0 Å². The molecule has 19 heteroatoms. The summed E-state index contributed by atoms with van der Waals surface area (Å²) in [7, 11) is -9.88. The molecule has 0 aliphatic carbocycles. The lowest BCUT2D eigenvalue weighted by Crippen LogP contribution is -2.30. The van der Waals surface area contributed by atoms with Crippen LogP contribution in [0.15, 0.2) is 24.3 Å². The van der Waals surface area contributed by atoms with E-state index in [1.54, 1.807) is 0 Å². The number of esters is 4. The van der Waals surface area contributed by atoms with Gasteiger partial charge in [0.1, 0.15) is 19.3 Å². The molecule has 0 aliphatic rings. The van der Waals surface area contributed by atoms with Crippen molar-refractivity contribution in [2.75, 3.05) is 39.6 Å². The molecule has 0 fully saturated rings. The van der Waals surface area contributed by atoms with Gasteiger partial charge >= 0.3 is 39.5 Å². The van der Waals surface area contributed by atoms with Crippen LogP contribution in [-0.2, 0) is 65.4 Å². The third-order valence-electron chi connectivity index (χ3n) is 13.5. The Kier molecular flexibility index (Phi) is 54.0. The Morgan fingerprint density at radius 2 is 0.600 bits per heavy atom. The molecule has 5 atom stereocenters. The van der Waals surface area contributed by atoms with Gasteiger partial charge in [-0.1, -0.05) is 232 Å². The van der Waals surface area contributed by atoms with Gasteiger partial charge in [0.25, 0.3) is 0 Å². The largest absolute Gasteiger partial charge is 0.472 e. The molecule has 0 heterocycles. The maximum atomic E-state index is 12.9. The number of carbonyl (C=O) groups excluding carboxylic acids is 4. The van der Waals surface area contributed by atoms with Gasteiger partial charge in [0.2, 0.25) is 0 Å². The van der Waals surface area contributed by atoms with Crippen LogP contribution in [0.4, 0.5) is 0 Å². The average Bonchev–Trinajstić information content (AvgIpc) is 3.43. The summed E-state index contributed by atoms with van der Waals surface area (Å²) in [6, 6.07) is 0. The third-order valence-corrected chi connectivity index (χ3v) is 15.4. The van der Waals surface area contributed by atoms with Crippen LogP contribution in [0.1, 0.15) is 285 Å². The summed E-state index contributed by atoms with van der Waals surface area (Å²) in [4.78, 5) is 71.7. The highest BCUT2D eigenvalue weighted by Gasteiger charge is 2.30. The van der Waals surface area contributed by atoms with Crippen molar-refractivity contribution in [1.29, 1.82) is 0 Å². The van der Waals surface area contributed by atoms with Crippen LogP contribution >= 0.6 is 15.6 Å². The van der Waals surface area contributed by atoms with E-state index in [4.69, 9.17) is 37.0 Å². The predicted octanol–water partition coefficient (Wildman–Crippen LogP) is 16.3. The lowest BCUT2D eigenvalue weighted by atomic mass is 10.1. The topological polar surface area (TPSA) is 237 Å². The highest BCUT2D eigenvalue weighted by Crippen LogP contribution is 2.45. The molecule has 0 aromatic carbocycles. The van der Waals surface area contributed by atoms with Crippen molar-refractivity contribution >= 4 is 39.5 Å². The Morgan fingerprint density at radius 1 is 0.350 bits per heavy atom. The van der Waals surface area contributed by atoms with Gasteiger partial charge in [0, 0.05) is 25.7 Å². The predicted molar refractivity (Wildman–Crippen MR) is 317 cm³/mol. The Hall–Kier alpha value is -2.46. The average molecular weight is 1180 g/mol. The third kappa shape index (κ3) is 54.8. The summed E-state index contributed by atoms with van der Waals surface area (Å²) in [5, 5.41) is 10.5. The Morgan fingerprint density at radius 3 is 0.912 bits per heavy atom. The monoisotopic (exact) mass is 1180 g/mol. The molecule has 17 nitrogen and oxygen atoms in total.